The molecule has 1 aliphatic rings. The molecule has 151 valence electrons. The van der Waals surface area contributed by atoms with Crippen LogP contribution in [0.4, 0.5) is 13.2 Å². The van der Waals surface area contributed by atoms with E-state index < -0.39 is 20.1 Å². The fourth-order valence-corrected chi connectivity index (χ4v) is 4.39. The fraction of sp³-hybridized carbons (Fsp3) is 0.0417. The van der Waals surface area contributed by atoms with Crippen LogP contribution in [0.25, 0.3) is 0 Å². The summed E-state index contributed by atoms with van der Waals surface area (Å²) in [5, 5.41) is 0. The molecule has 0 saturated heterocycles. The van der Waals surface area contributed by atoms with Crippen molar-refractivity contribution in [3.05, 3.63) is 127 Å². The lowest BCUT2D eigenvalue weighted by Crippen LogP contribution is -2.11. The fourth-order valence-electron chi connectivity index (χ4n) is 2.92. The van der Waals surface area contributed by atoms with Crippen LogP contribution in [-0.4, -0.2) is 0 Å². The van der Waals surface area contributed by atoms with Crippen molar-refractivity contribution in [2.75, 3.05) is 0 Å². The molecule has 1 aliphatic carbocycles. The van der Waals surface area contributed by atoms with E-state index >= 15 is 0 Å². The first-order chi connectivity index (χ1) is 14.5. The van der Waals surface area contributed by atoms with Crippen molar-refractivity contribution >= 4 is 8.38 Å². The first kappa shape index (κ1) is 20.7. The van der Waals surface area contributed by atoms with E-state index in [0.717, 1.165) is 23.7 Å². The van der Waals surface area contributed by atoms with E-state index in [4.69, 9.17) is 9.05 Å². The topological polar surface area (TPSA) is 18.5 Å². The molecule has 0 N–H and O–H groups in total. The highest BCUT2D eigenvalue weighted by molar-refractivity contribution is 7.52. The number of benzene rings is 3. The number of para-hydroxylation sites is 2. The summed E-state index contributed by atoms with van der Waals surface area (Å²) in [6.07, 6.45) is 1.22. The average Bonchev–Trinajstić information content (AvgIpc) is 3.24. The third-order valence-electron chi connectivity index (χ3n) is 4.38. The first-order valence-electron chi connectivity index (χ1n) is 9.20. The van der Waals surface area contributed by atoms with Gasteiger partial charge in [0.25, 0.3) is 8.38 Å². The largest absolute Gasteiger partial charge is 0.438 e. The van der Waals surface area contributed by atoms with Crippen LogP contribution in [0.15, 0.2) is 84.9 Å². The molecule has 3 aromatic rings. The van der Waals surface area contributed by atoms with Gasteiger partial charge in [0, 0.05) is 5.92 Å². The molecule has 1 fully saturated rings. The number of halogens is 3. The zero-order chi connectivity index (χ0) is 21.0. The molecular formula is C24H17F3O2P. The highest BCUT2D eigenvalue weighted by atomic mass is 31.2. The van der Waals surface area contributed by atoms with Gasteiger partial charge in [0.15, 0.2) is 0 Å². The van der Waals surface area contributed by atoms with Gasteiger partial charge < -0.3 is 9.05 Å². The second kappa shape index (κ2) is 9.09. The van der Waals surface area contributed by atoms with Gasteiger partial charge in [0.2, 0.25) is 0 Å². The summed E-state index contributed by atoms with van der Waals surface area (Å²) >= 11 is 0. The van der Waals surface area contributed by atoms with Gasteiger partial charge in [-0.3, -0.25) is 0 Å². The van der Waals surface area contributed by atoms with Gasteiger partial charge in [-0.1, -0.05) is 48.5 Å². The van der Waals surface area contributed by atoms with Crippen molar-refractivity contribution in [1.82, 2.24) is 0 Å². The van der Waals surface area contributed by atoms with E-state index in [-0.39, 0.29) is 0 Å². The minimum Gasteiger partial charge on any atom is -0.438 e. The Morgan fingerprint density at radius 2 is 1.17 bits per heavy atom. The summed E-state index contributed by atoms with van der Waals surface area (Å²) in [6, 6.07) is 23.7. The van der Waals surface area contributed by atoms with Crippen LogP contribution in [0.1, 0.15) is 11.1 Å². The highest BCUT2D eigenvalue weighted by Gasteiger charge is 2.41. The van der Waals surface area contributed by atoms with Gasteiger partial charge in [0.05, 0.1) is 11.2 Å². The summed E-state index contributed by atoms with van der Waals surface area (Å²) in [5.41, 5.74) is 0.781. The Labute approximate surface area is 175 Å². The lowest BCUT2D eigenvalue weighted by atomic mass is 9.96. The molecule has 5 radical (unpaired) electrons. The van der Waals surface area contributed by atoms with Crippen LogP contribution in [0, 0.1) is 30.8 Å². The molecular weight excluding hydrogens is 408 g/mol. The van der Waals surface area contributed by atoms with E-state index in [2.05, 4.69) is 0 Å². The van der Waals surface area contributed by atoms with Crippen molar-refractivity contribution in [1.29, 1.82) is 0 Å². The predicted molar refractivity (Wildman–Crippen MR) is 111 cm³/mol. The van der Waals surface area contributed by atoms with E-state index in [0.29, 0.717) is 17.1 Å². The molecule has 2 nitrogen and oxygen atoms in total. The Kier molecular flexibility index (Phi) is 6.29. The van der Waals surface area contributed by atoms with Crippen LogP contribution < -0.4 is 9.05 Å². The second-order valence-corrected chi connectivity index (χ2v) is 7.83. The molecule has 4 rings (SSSR count). The summed E-state index contributed by atoms with van der Waals surface area (Å²) in [6.45, 7) is 0. The normalized spacial score (nSPS) is 15.5. The van der Waals surface area contributed by atoms with Gasteiger partial charge in [0.1, 0.15) is 11.5 Å². The van der Waals surface area contributed by atoms with Crippen LogP contribution in [0.5, 0.6) is 11.5 Å². The third-order valence-corrected chi connectivity index (χ3v) is 5.91. The molecule has 0 unspecified atom stereocenters. The zero-order valence-corrected chi connectivity index (χ0v) is 16.6. The smallest absolute Gasteiger partial charge is 0.416 e. The van der Waals surface area contributed by atoms with Crippen molar-refractivity contribution in [3.63, 3.8) is 0 Å². The summed E-state index contributed by atoms with van der Waals surface area (Å²) in [7, 11) is -1.57. The van der Waals surface area contributed by atoms with E-state index in [9.17, 15) is 13.2 Å². The Balaban J connectivity index is 1.59. The van der Waals surface area contributed by atoms with Gasteiger partial charge in [-0.05, 0) is 61.2 Å². The molecule has 0 heterocycles. The number of alkyl halides is 3. The van der Waals surface area contributed by atoms with Crippen LogP contribution in [0.3, 0.4) is 0 Å². The minimum absolute atomic E-state index is 0.652. The summed E-state index contributed by atoms with van der Waals surface area (Å²) < 4.78 is 51.1. The highest BCUT2D eigenvalue weighted by Crippen LogP contribution is 2.59. The van der Waals surface area contributed by atoms with Crippen molar-refractivity contribution in [3.8, 4) is 11.5 Å². The van der Waals surface area contributed by atoms with Crippen LogP contribution >= 0.6 is 8.38 Å². The maximum atomic E-state index is 12.9. The molecule has 6 heteroatoms. The minimum atomic E-state index is -4.37. The standard InChI is InChI=1S/C24H17F3O2P/c25-24(26,27)19-16-14-18(15-17-19)22-12-7-13-23(22)30(28-20-8-3-1-4-9-20)29-21-10-5-2-6-11-21/h1-17H. The Hall–Kier alpha value is -2.52. The van der Waals surface area contributed by atoms with E-state index in [1.54, 1.807) is 0 Å². The second-order valence-electron chi connectivity index (χ2n) is 6.47. The Bertz CT molecular complexity index is 889. The number of rotatable bonds is 6. The van der Waals surface area contributed by atoms with Gasteiger partial charge >= 0.3 is 6.18 Å². The molecule has 30 heavy (non-hydrogen) atoms. The molecule has 0 bridgehead atoms. The molecule has 1 saturated carbocycles. The van der Waals surface area contributed by atoms with Gasteiger partial charge in [-0.25, -0.2) is 0 Å². The first-order valence-corrected chi connectivity index (χ1v) is 10.4. The number of hydrogen-bond acceptors (Lipinski definition) is 2. The van der Waals surface area contributed by atoms with Crippen LogP contribution in [-0.2, 0) is 6.18 Å². The maximum absolute atomic E-state index is 12.9. The molecule has 3 aromatic carbocycles. The molecule has 0 aromatic heterocycles. The summed E-state index contributed by atoms with van der Waals surface area (Å²) in [4.78, 5) is 0. The Morgan fingerprint density at radius 1 is 0.633 bits per heavy atom. The zero-order valence-electron chi connectivity index (χ0n) is 15.7. The van der Waals surface area contributed by atoms with Gasteiger partial charge in [-0.15, -0.1) is 0 Å². The van der Waals surface area contributed by atoms with E-state index in [1.165, 1.54) is 12.1 Å². The lowest BCUT2D eigenvalue weighted by Gasteiger charge is -2.27. The molecule has 0 aliphatic heterocycles. The monoisotopic (exact) mass is 425 g/mol. The third kappa shape index (κ3) is 4.96. The van der Waals surface area contributed by atoms with E-state index in [1.807, 2.05) is 79.9 Å². The van der Waals surface area contributed by atoms with Crippen molar-refractivity contribution in [2.45, 2.75) is 6.18 Å². The maximum Gasteiger partial charge on any atom is 0.416 e. The number of hydrogen-bond donors (Lipinski definition) is 0. The molecule has 0 amide bonds. The average molecular weight is 425 g/mol. The Morgan fingerprint density at radius 3 is 1.67 bits per heavy atom. The van der Waals surface area contributed by atoms with Crippen LogP contribution in [0.2, 0.25) is 0 Å². The molecule has 0 spiro atoms. The van der Waals surface area contributed by atoms with Gasteiger partial charge in [-0.2, -0.15) is 13.2 Å². The lowest BCUT2D eigenvalue weighted by molar-refractivity contribution is -0.137. The van der Waals surface area contributed by atoms with Crippen molar-refractivity contribution < 1.29 is 22.2 Å². The van der Waals surface area contributed by atoms with Crippen molar-refractivity contribution in [2.24, 2.45) is 0 Å². The predicted octanol–water partition coefficient (Wildman–Crippen LogP) is 7.26. The summed E-state index contributed by atoms with van der Waals surface area (Å²) in [5.74, 6) is 2.08. The quantitative estimate of drug-likeness (QED) is 0.387. The SMILES string of the molecule is FC(F)(F)c1ccc([C]2[CH][CH][CH][C]2P(Oc2ccccc2)Oc2ccccc2)cc1. The molecule has 0 atom stereocenters.